The van der Waals surface area contributed by atoms with E-state index in [0.29, 0.717) is 38.6 Å². The lowest BCUT2D eigenvalue weighted by Crippen LogP contribution is -2.58. The Labute approximate surface area is 178 Å². The smallest absolute Gasteiger partial charge is 0.328 e. The summed E-state index contributed by atoms with van der Waals surface area (Å²) in [6.45, 7) is 5.26. The Hall–Kier alpha value is -1.96. The van der Waals surface area contributed by atoms with E-state index in [1.54, 1.807) is 24.0 Å². The fourth-order valence-electron chi connectivity index (χ4n) is 5.44. The number of ether oxygens (including phenoxy) is 2. The summed E-state index contributed by atoms with van der Waals surface area (Å²) >= 11 is 0. The lowest BCUT2D eigenvalue weighted by molar-refractivity contribution is -0.137. The standard InChI is InChI=1S/C23H33N3O4/c1-17(16-30-3)24-10-8-23(9-11-24)21(27)26(22(28)25(23)12-13-29-2)20-14-18-6-4-5-7-19(18)15-20/h4-7,17,20H,8-16H2,1-3H3. The topological polar surface area (TPSA) is 62.3 Å². The summed E-state index contributed by atoms with van der Waals surface area (Å²) in [5.74, 6) is -0.0135. The molecule has 2 heterocycles. The minimum atomic E-state index is -0.742. The Kier molecular flexibility index (Phi) is 6.14. The summed E-state index contributed by atoms with van der Waals surface area (Å²) in [6.07, 6.45) is 2.81. The van der Waals surface area contributed by atoms with E-state index in [2.05, 4.69) is 24.0 Å². The minimum absolute atomic E-state index is 0.0135. The van der Waals surface area contributed by atoms with Crippen LogP contribution in [0.15, 0.2) is 24.3 Å². The van der Waals surface area contributed by atoms with Crippen molar-refractivity contribution in [1.29, 1.82) is 0 Å². The number of nitrogens with zero attached hydrogens (tertiary/aromatic N) is 3. The highest BCUT2D eigenvalue weighted by atomic mass is 16.5. The van der Waals surface area contributed by atoms with Crippen LogP contribution in [-0.4, -0.2) is 91.3 Å². The van der Waals surface area contributed by atoms with Crippen molar-refractivity contribution in [2.45, 2.75) is 50.2 Å². The monoisotopic (exact) mass is 415 g/mol. The van der Waals surface area contributed by atoms with Crippen LogP contribution in [0.1, 0.15) is 30.9 Å². The molecule has 1 atom stereocenters. The van der Waals surface area contributed by atoms with Gasteiger partial charge >= 0.3 is 6.03 Å². The van der Waals surface area contributed by atoms with Crippen LogP contribution in [0.25, 0.3) is 0 Å². The number of hydrogen-bond acceptors (Lipinski definition) is 5. The number of imide groups is 1. The molecule has 1 aromatic carbocycles. The second kappa shape index (κ2) is 8.65. The van der Waals surface area contributed by atoms with Gasteiger partial charge in [0.2, 0.25) is 0 Å². The molecule has 0 bridgehead atoms. The van der Waals surface area contributed by atoms with E-state index in [0.717, 1.165) is 25.9 Å². The van der Waals surface area contributed by atoms with Crippen LogP contribution in [0.2, 0.25) is 0 Å². The summed E-state index contributed by atoms with van der Waals surface area (Å²) in [5, 5.41) is 0. The van der Waals surface area contributed by atoms with Crippen LogP contribution < -0.4 is 0 Å². The summed E-state index contributed by atoms with van der Waals surface area (Å²) in [4.78, 5) is 33.0. The van der Waals surface area contributed by atoms with Gasteiger partial charge in [-0.15, -0.1) is 0 Å². The quantitative estimate of drug-likeness (QED) is 0.637. The van der Waals surface area contributed by atoms with E-state index >= 15 is 0 Å². The van der Waals surface area contributed by atoms with E-state index in [-0.39, 0.29) is 18.0 Å². The first-order valence-corrected chi connectivity index (χ1v) is 11.0. The number of carbonyl (C=O) groups excluding carboxylic acids is 2. The Morgan fingerprint density at radius 1 is 1.07 bits per heavy atom. The van der Waals surface area contributed by atoms with E-state index < -0.39 is 5.54 Å². The van der Waals surface area contributed by atoms with E-state index in [4.69, 9.17) is 9.47 Å². The molecule has 1 spiro atoms. The zero-order chi connectivity index (χ0) is 21.3. The third-order valence-corrected chi connectivity index (χ3v) is 7.14. The Balaban J connectivity index is 1.56. The fourth-order valence-corrected chi connectivity index (χ4v) is 5.44. The SMILES string of the molecule is COCCN1C(=O)N(C2Cc3ccccc3C2)C(=O)C12CCN(C(C)COC)CC2. The Bertz CT molecular complexity index is 765. The number of fused-ring (bicyclic) bond motifs is 1. The molecule has 164 valence electrons. The predicted octanol–water partition coefficient (Wildman–Crippen LogP) is 1.93. The van der Waals surface area contributed by atoms with Crippen molar-refractivity contribution in [2.75, 3.05) is 47.1 Å². The van der Waals surface area contributed by atoms with Crippen LogP contribution in [0.4, 0.5) is 4.79 Å². The molecule has 7 nitrogen and oxygen atoms in total. The lowest BCUT2D eigenvalue weighted by Gasteiger charge is -2.43. The first-order chi connectivity index (χ1) is 14.5. The molecule has 1 aromatic rings. The normalized spacial score (nSPS) is 22.9. The number of methoxy groups -OCH3 is 2. The van der Waals surface area contributed by atoms with Crippen LogP contribution in [0, 0.1) is 0 Å². The van der Waals surface area contributed by atoms with Crippen molar-refractivity contribution >= 4 is 11.9 Å². The molecule has 0 radical (unpaired) electrons. The van der Waals surface area contributed by atoms with Gasteiger partial charge in [0.05, 0.1) is 13.2 Å². The summed E-state index contributed by atoms with van der Waals surface area (Å²) < 4.78 is 10.6. The number of rotatable bonds is 7. The van der Waals surface area contributed by atoms with Crippen molar-refractivity contribution in [2.24, 2.45) is 0 Å². The fraction of sp³-hybridized carbons (Fsp3) is 0.652. The van der Waals surface area contributed by atoms with Gasteiger partial charge in [-0.3, -0.25) is 14.6 Å². The third-order valence-electron chi connectivity index (χ3n) is 7.14. The second-order valence-corrected chi connectivity index (χ2v) is 8.80. The number of benzene rings is 1. The average Bonchev–Trinajstić information content (AvgIpc) is 3.25. The number of likely N-dealkylation sites (tertiary alicyclic amines) is 1. The highest BCUT2D eigenvalue weighted by Gasteiger charge is 2.59. The molecule has 0 N–H and O–H groups in total. The largest absolute Gasteiger partial charge is 0.383 e. The molecule has 2 saturated heterocycles. The van der Waals surface area contributed by atoms with Gasteiger partial charge < -0.3 is 14.4 Å². The van der Waals surface area contributed by atoms with Crippen molar-refractivity contribution in [3.8, 4) is 0 Å². The Morgan fingerprint density at radius 3 is 2.27 bits per heavy atom. The molecule has 4 rings (SSSR count). The predicted molar refractivity (Wildman–Crippen MR) is 113 cm³/mol. The van der Waals surface area contributed by atoms with Crippen molar-refractivity contribution < 1.29 is 19.1 Å². The maximum Gasteiger partial charge on any atom is 0.328 e. The summed E-state index contributed by atoms with van der Waals surface area (Å²) in [6, 6.07) is 8.33. The number of carbonyl (C=O) groups is 2. The van der Waals surface area contributed by atoms with Gasteiger partial charge in [0.15, 0.2) is 0 Å². The molecule has 0 saturated carbocycles. The number of hydrogen-bond donors (Lipinski definition) is 0. The highest BCUT2D eigenvalue weighted by Crippen LogP contribution is 2.40. The van der Waals surface area contributed by atoms with Gasteiger partial charge in [0.1, 0.15) is 5.54 Å². The van der Waals surface area contributed by atoms with E-state index in [1.165, 1.54) is 11.1 Å². The molecule has 0 aromatic heterocycles. The zero-order valence-corrected chi connectivity index (χ0v) is 18.3. The van der Waals surface area contributed by atoms with Gasteiger partial charge in [0.25, 0.3) is 5.91 Å². The maximum atomic E-state index is 13.8. The summed E-state index contributed by atoms with van der Waals surface area (Å²) in [5.41, 5.74) is 1.75. The molecule has 3 amide bonds. The Morgan fingerprint density at radius 2 is 1.70 bits per heavy atom. The molecule has 30 heavy (non-hydrogen) atoms. The van der Waals surface area contributed by atoms with Crippen molar-refractivity contribution in [1.82, 2.24) is 14.7 Å². The minimum Gasteiger partial charge on any atom is -0.383 e. The average molecular weight is 416 g/mol. The first kappa shape index (κ1) is 21.3. The van der Waals surface area contributed by atoms with Gasteiger partial charge in [-0.25, -0.2) is 4.79 Å². The molecular formula is C23H33N3O4. The number of amides is 3. The third kappa shape index (κ3) is 3.53. The molecule has 2 fully saturated rings. The maximum absolute atomic E-state index is 13.8. The molecule has 1 aliphatic carbocycles. The van der Waals surface area contributed by atoms with Crippen LogP contribution in [0.5, 0.6) is 0 Å². The first-order valence-electron chi connectivity index (χ1n) is 11.0. The lowest BCUT2D eigenvalue weighted by atomic mass is 9.85. The molecule has 7 heteroatoms. The number of piperidine rings is 1. The van der Waals surface area contributed by atoms with E-state index in [9.17, 15) is 9.59 Å². The second-order valence-electron chi connectivity index (χ2n) is 8.80. The molecule has 2 aliphatic heterocycles. The number of urea groups is 1. The van der Waals surface area contributed by atoms with Crippen LogP contribution in [0.3, 0.4) is 0 Å². The van der Waals surface area contributed by atoms with Gasteiger partial charge in [0, 0.05) is 45.9 Å². The molecule has 3 aliphatic rings. The van der Waals surface area contributed by atoms with Crippen LogP contribution in [-0.2, 0) is 27.1 Å². The van der Waals surface area contributed by atoms with Crippen molar-refractivity contribution in [3.63, 3.8) is 0 Å². The van der Waals surface area contributed by atoms with Crippen molar-refractivity contribution in [3.05, 3.63) is 35.4 Å². The highest BCUT2D eigenvalue weighted by molar-refractivity contribution is 6.07. The van der Waals surface area contributed by atoms with E-state index in [1.807, 2.05) is 12.1 Å². The zero-order valence-electron chi connectivity index (χ0n) is 18.3. The van der Waals surface area contributed by atoms with Crippen LogP contribution >= 0.6 is 0 Å². The van der Waals surface area contributed by atoms with Gasteiger partial charge in [-0.05, 0) is 43.7 Å². The molecule has 1 unspecified atom stereocenters. The van der Waals surface area contributed by atoms with Gasteiger partial charge in [-0.2, -0.15) is 0 Å². The summed E-state index contributed by atoms with van der Waals surface area (Å²) in [7, 11) is 3.35. The molecular weight excluding hydrogens is 382 g/mol. The van der Waals surface area contributed by atoms with Gasteiger partial charge in [-0.1, -0.05) is 24.3 Å².